The summed E-state index contributed by atoms with van der Waals surface area (Å²) in [6, 6.07) is 14.2. The highest BCUT2D eigenvalue weighted by atomic mass is 35.5. The molecule has 0 saturated heterocycles. The monoisotopic (exact) mass is 304 g/mol. The molecule has 2 rings (SSSR count). The van der Waals surface area contributed by atoms with Gasteiger partial charge in [0, 0.05) is 0 Å². The van der Waals surface area contributed by atoms with Crippen LogP contribution in [0.2, 0.25) is 5.02 Å². The van der Waals surface area contributed by atoms with Crippen LogP contribution in [0.1, 0.15) is 15.9 Å². The Labute approximate surface area is 128 Å². The van der Waals surface area contributed by atoms with Gasteiger partial charge in [-0.05, 0) is 24.1 Å². The molecule has 0 aliphatic heterocycles. The lowest BCUT2D eigenvalue weighted by molar-refractivity contribution is 0.0916. The Morgan fingerprint density at radius 3 is 2.57 bits per heavy atom. The van der Waals surface area contributed by atoms with Crippen LogP contribution in [0.15, 0.2) is 48.5 Å². The zero-order valence-electron chi connectivity index (χ0n) is 11.4. The van der Waals surface area contributed by atoms with Crippen molar-refractivity contribution in [1.82, 2.24) is 5.32 Å². The average Bonchev–Trinajstić information content (AvgIpc) is 2.50. The van der Waals surface area contributed by atoms with Crippen molar-refractivity contribution in [1.29, 1.82) is 0 Å². The maximum absolute atomic E-state index is 12.2. The van der Waals surface area contributed by atoms with Gasteiger partial charge in [0.15, 0.2) is 0 Å². The van der Waals surface area contributed by atoms with Crippen LogP contribution in [0.3, 0.4) is 0 Å². The summed E-state index contributed by atoms with van der Waals surface area (Å²) in [5.74, 6) is -0.345. The van der Waals surface area contributed by atoms with Gasteiger partial charge in [-0.25, -0.2) is 0 Å². The Morgan fingerprint density at radius 2 is 1.90 bits per heavy atom. The number of carbonyl (C=O) groups is 1. The SMILES string of the molecule is Nc1cccc(C(=O)N[C@@H](CO)Cc2ccccc2)c1Cl. The number of amides is 1. The number of nitrogens with two attached hydrogens (primary N) is 1. The highest BCUT2D eigenvalue weighted by molar-refractivity contribution is 6.36. The van der Waals surface area contributed by atoms with Crippen LogP contribution in [-0.4, -0.2) is 23.7 Å². The van der Waals surface area contributed by atoms with Gasteiger partial charge in [-0.1, -0.05) is 48.0 Å². The first kappa shape index (κ1) is 15.4. The predicted molar refractivity (Wildman–Crippen MR) is 84.4 cm³/mol. The van der Waals surface area contributed by atoms with E-state index in [1.165, 1.54) is 0 Å². The summed E-state index contributed by atoms with van der Waals surface area (Å²) in [5.41, 5.74) is 7.38. The van der Waals surface area contributed by atoms with Crippen LogP contribution in [0.5, 0.6) is 0 Å². The zero-order valence-corrected chi connectivity index (χ0v) is 12.2. The topological polar surface area (TPSA) is 75.4 Å². The van der Waals surface area contributed by atoms with Crippen LogP contribution < -0.4 is 11.1 Å². The molecule has 5 heteroatoms. The third kappa shape index (κ3) is 3.97. The first-order chi connectivity index (χ1) is 10.1. The van der Waals surface area contributed by atoms with Crippen LogP contribution in [-0.2, 0) is 6.42 Å². The standard InChI is InChI=1S/C16H17ClN2O2/c17-15-13(7-4-8-14(15)18)16(21)19-12(10-20)9-11-5-2-1-3-6-11/h1-8,12,20H,9-10,18H2,(H,19,21)/t12-/m1/s1. The molecule has 0 aliphatic carbocycles. The van der Waals surface area contributed by atoms with Crippen molar-refractivity contribution in [3.05, 3.63) is 64.7 Å². The van der Waals surface area contributed by atoms with E-state index < -0.39 is 0 Å². The fourth-order valence-corrected chi connectivity index (χ4v) is 2.26. The molecular weight excluding hydrogens is 288 g/mol. The molecule has 1 atom stereocenters. The fourth-order valence-electron chi connectivity index (χ4n) is 2.05. The molecule has 0 radical (unpaired) electrons. The smallest absolute Gasteiger partial charge is 0.253 e. The van der Waals surface area contributed by atoms with Crippen LogP contribution in [0.4, 0.5) is 5.69 Å². The number of benzene rings is 2. The number of rotatable bonds is 5. The molecule has 0 aromatic heterocycles. The van der Waals surface area contributed by atoms with Gasteiger partial charge in [0.2, 0.25) is 0 Å². The summed E-state index contributed by atoms with van der Waals surface area (Å²) in [6.07, 6.45) is 0.545. The third-order valence-electron chi connectivity index (χ3n) is 3.15. The normalized spacial score (nSPS) is 11.9. The maximum Gasteiger partial charge on any atom is 0.253 e. The number of hydrogen-bond donors (Lipinski definition) is 3. The minimum Gasteiger partial charge on any atom is -0.398 e. The van der Waals surface area contributed by atoms with E-state index >= 15 is 0 Å². The molecule has 4 nitrogen and oxygen atoms in total. The summed E-state index contributed by atoms with van der Waals surface area (Å²) < 4.78 is 0. The lowest BCUT2D eigenvalue weighted by Crippen LogP contribution is -2.39. The quantitative estimate of drug-likeness (QED) is 0.742. The fraction of sp³-hybridized carbons (Fsp3) is 0.188. The molecular formula is C16H17ClN2O2. The predicted octanol–water partition coefficient (Wildman–Crippen LogP) is 2.26. The Morgan fingerprint density at radius 1 is 1.19 bits per heavy atom. The van der Waals surface area contributed by atoms with Gasteiger partial charge in [0.05, 0.1) is 28.9 Å². The molecule has 0 spiro atoms. The van der Waals surface area contributed by atoms with Gasteiger partial charge in [-0.3, -0.25) is 4.79 Å². The van der Waals surface area contributed by atoms with Gasteiger partial charge in [-0.15, -0.1) is 0 Å². The van der Waals surface area contributed by atoms with Crippen LogP contribution >= 0.6 is 11.6 Å². The van der Waals surface area contributed by atoms with Crippen LogP contribution in [0.25, 0.3) is 0 Å². The van der Waals surface area contributed by atoms with Crippen molar-refractivity contribution in [2.45, 2.75) is 12.5 Å². The molecule has 1 amide bonds. The second-order valence-corrected chi connectivity index (χ2v) is 5.13. The molecule has 21 heavy (non-hydrogen) atoms. The maximum atomic E-state index is 12.2. The van der Waals surface area contributed by atoms with Crippen molar-refractivity contribution in [3.63, 3.8) is 0 Å². The summed E-state index contributed by atoms with van der Waals surface area (Å²) >= 11 is 6.03. The van der Waals surface area contributed by atoms with Gasteiger partial charge in [-0.2, -0.15) is 0 Å². The van der Waals surface area contributed by atoms with E-state index in [1.807, 2.05) is 30.3 Å². The molecule has 0 heterocycles. The highest BCUT2D eigenvalue weighted by Crippen LogP contribution is 2.23. The zero-order chi connectivity index (χ0) is 15.2. The summed E-state index contributed by atoms with van der Waals surface area (Å²) in [4.78, 5) is 12.2. The lowest BCUT2D eigenvalue weighted by Gasteiger charge is -2.17. The molecule has 4 N–H and O–H groups in total. The second kappa shape index (κ2) is 7.11. The number of nitrogens with one attached hydrogen (secondary N) is 1. The van der Waals surface area contributed by atoms with Gasteiger partial charge >= 0.3 is 0 Å². The van der Waals surface area contributed by atoms with Gasteiger partial charge in [0.25, 0.3) is 5.91 Å². The van der Waals surface area contributed by atoms with E-state index in [-0.39, 0.29) is 23.6 Å². The molecule has 110 valence electrons. The number of halogens is 1. The van der Waals surface area contributed by atoms with Crippen molar-refractivity contribution in [2.75, 3.05) is 12.3 Å². The number of aliphatic hydroxyl groups excluding tert-OH is 1. The largest absolute Gasteiger partial charge is 0.398 e. The van der Waals surface area contributed by atoms with E-state index in [0.29, 0.717) is 17.7 Å². The van der Waals surface area contributed by atoms with Gasteiger partial charge in [0.1, 0.15) is 0 Å². The summed E-state index contributed by atoms with van der Waals surface area (Å²) in [7, 11) is 0. The second-order valence-electron chi connectivity index (χ2n) is 4.75. The molecule has 0 aliphatic rings. The Bertz CT molecular complexity index is 617. The first-order valence-corrected chi connectivity index (χ1v) is 6.99. The van der Waals surface area contributed by atoms with Gasteiger partial charge < -0.3 is 16.2 Å². The Hall–Kier alpha value is -2.04. The highest BCUT2D eigenvalue weighted by Gasteiger charge is 2.16. The molecule has 0 fully saturated rings. The third-order valence-corrected chi connectivity index (χ3v) is 3.58. The molecule has 0 unspecified atom stereocenters. The first-order valence-electron chi connectivity index (χ1n) is 6.61. The molecule has 0 saturated carbocycles. The van der Waals surface area contributed by atoms with Crippen molar-refractivity contribution in [2.24, 2.45) is 0 Å². The lowest BCUT2D eigenvalue weighted by atomic mass is 10.1. The summed E-state index contributed by atoms with van der Waals surface area (Å²) in [5, 5.41) is 12.4. The van der Waals surface area contributed by atoms with Crippen LogP contribution in [0, 0.1) is 0 Å². The average molecular weight is 305 g/mol. The van der Waals surface area contributed by atoms with E-state index in [1.54, 1.807) is 18.2 Å². The molecule has 2 aromatic carbocycles. The van der Waals surface area contributed by atoms with E-state index in [9.17, 15) is 9.90 Å². The minimum absolute atomic E-state index is 0.152. The Kier molecular flexibility index (Phi) is 5.20. The molecule has 2 aromatic rings. The van der Waals surface area contributed by atoms with Crippen molar-refractivity contribution in [3.8, 4) is 0 Å². The van der Waals surface area contributed by atoms with E-state index in [4.69, 9.17) is 17.3 Å². The van der Waals surface area contributed by atoms with Crippen molar-refractivity contribution < 1.29 is 9.90 Å². The molecule has 0 bridgehead atoms. The summed E-state index contributed by atoms with van der Waals surface area (Å²) in [6.45, 7) is -0.152. The number of carbonyl (C=O) groups excluding carboxylic acids is 1. The minimum atomic E-state index is -0.377. The van der Waals surface area contributed by atoms with E-state index in [2.05, 4.69) is 5.32 Å². The Balaban J connectivity index is 2.08. The van der Waals surface area contributed by atoms with E-state index in [0.717, 1.165) is 5.56 Å². The van der Waals surface area contributed by atoms with Crippen molar-refractivity contribution >= 4 is 23.2 Å². The number of anilines is 1. The number of aliphatic hydroxyl groups is 1. The number of hydrogen-bond acceptors (Lipinski definition) is 3. The number of nitrogen functional groups attached to an aromatic ring is 1.